The number of aromatic nitrogens is 2. The Labute approximate surface area is 373 Å². The second kappa shape index (κ2) is 14.2. The fraction of sp³-hybridized carbons (Fsp3) is 0.0167. The Bertz CT molecular complexity index is 3520. The summed E-state index contributed by atoms with van der Waals surface area (Å²) in [7, 11) is -2.91. The van der Waals surface area contributed by atoms with Gasteiger partial charge in [0.05, 0.1) is 16.7 Å². The first kappa shape index (κ1) is 36.6. The molecule has 0 N–H and O–H groups in total. The van der Waals surface area contributed by atoms with E-state index in [1.54, 1.807) is 0 Å². The van der Waals surface area contributed by atoms with Crippen molar-refractivity contribution in [2.45, 2.75) is 6.92 Å². The number of para-hydroxylation sites is 3. The Morgan fingerprint density at radius 1 is 0.375 bits per heavy atom. The number of aryl methyl sites for hydroxylation is 1. The molecule has 13 rings (SSSR count). The molecule has 3 nitrogen and oxygen atoms in total. The van der Waals surface area contributed by atoms with Crippen molar-refractivity contribution in [2.75, 3.05) is 4.90 Å². The molecule has 0 aliphatic carbocycles. The lowest BCUT2D eigenvalue weighted by atomic mass is 9.99. The van der Waals surface area contributed by atoms with E-state index in [2.05, 4.69) is 247 Å². The number of rotatable bonds is 5. The average molecular weight is 832 g/mol. The van der Waals surface area contributed by atoms with Crippen molar-refractivity contribution >= 4 is 67.8 Å². The second-order valence-electron chi connectivity index (χ2n) is 17.2. The lowest BCUT2D eigenvalue weighted by molar-refractivity contribution is 1.17. The van der Waals surface area contributed by atoms with Gasteiger partial charge in [-0.05, 0) is 116 Å². The lowest BCUT2D eigenvalue weighted by Crippen LogP contribution is -2.75. The summed E-state index contributed by atoms with van der Waals surface area (Å²) in [6, 6.07) is 85.4. The molecule has 4 heteroatoms. The topological polar surface area (TPSA) is 21.1 Å². The van der Waals surface area contributed by atoms with Gasteiger partial charge in [-0.2, -0.15) is 0 Å². The molecule has 1 spiro atoms. The van der Waals surface area contributed by atoms with Crippen molar-refractivity contribution < 1.29 is 0 Å². The maximum absolute atomic E-state index is 5.52. The Kier molecular flexibility index (Phi) is 8.14. The van der Waals surface area contributed by atoms with Crippen molar-refractivity contribution in [3.05, 3.63) is 236 Å². The number of pyridine rings is 1. The second-order valence-corrected chi connectivity index (χ2v) is 20.8. The van der Waals surface area contributed by atoms with Crippen molar-refractivity contribution in [1.29, 1.82) is 0 Å². The summed E-state index contributed by atoms with van der Waals surface area (Å²) in [5.74, 6) is 0.905. The zero-order chi connectivity index (χ0) is 42.4. The van der Waals surface area contributed by atoms with E-state index in [1.807, 2.05) is 0 Å². The van der Waals surface area contributed by atoms with E-state index in [4.69, 9.17) is 4.98 Å². The van der Waals surface area contributed by atoms with Gasteiger partial charge in [0.25, 0.3) is 0 Å². The number of nitrogens with zero attached hydrogens (tertiary/aromatic N) is 3. The molecule has 2 aromatic heterocycles. The Morgan fingerprint density at radius 2 is 0.953 bits per heavy atom. The molecule has 300 valence electrons. The van der Waals surface area contributed by atoms with Crippen LogP contribution in [0.5, 0.6) is 0 Å². The highest BCUT2D eigenvalue weighted by molar-refractivity contribution is 7.23. The van der Waals surface area contributed by atoms with Crippen LogP contribution in [0.3, 0.4) is 0 Å². The number of hydrogen-bond acceptors (Lipinski definition) is 2. The summed E-state index contributed by atoms with van der Waals surface area (Å²) in [5.41, 5.74) is 16.7. The Hall–Kier alpha value is -8.05. The minimum atomic E-state index is -2.91. The van der Waals surface area contributed by atoms with Gasteiger partial charge in [0.1, 0.15) is 5.82 Å². The predicted octanol–water partition coefficient (Wildman–Crippen LogP) is 12.6. The molecule has 0 radical (unpaired) electrons. The number of anilines is 3. The molecule has 0 atom stereocenters. The third kappa shape index (κ3) is 5.36. The summed E-state index contributed by atoms with van der Waals surface area (Å²) in [4.78, 5) is 7.95. The van der Waals surface area contributed by atoms with Crippen LogP contribution in [-0.2, 0) is 0 Å². The smallest absolute Gasteiger partial charge is 0.185 e. The van der Waals surface area contributed by atoms with Crippen LogP contribution in [0.15, 0.2) is 231 Å². The van der Waals surface area contributed by atoms with Crippen LogP contribution in [0.4, 0.5) is 17.2 Å². The molecule has 64 heavy (non-hydrogen) atoms. The van der Waals surface area contributed by atoms with E-state index < -0.39 is 8.07 Å². The minimum Gasteiger partial charge on any atom is -0.309 e. The van der Waals surface area contributed by atoms with E-state index in [-0.39, 0.29) is 0 Å². The van der Waals surface area contributed by atoms with Crippen LogP contribution in [-0.4, -0.2) is 17.6 Å². The zero-order valence-electron chi connectivity index (χ0n) is 35.3. The molecule has 0 amide bonds. The van der Waals surface area contributed by atoms with Crippen molar-refractivity contribution in [3.8, 4) is 50.3 Å². The van der Waals surface area contributed by atoms with Crippen LogP contribution in [0, 0.1) is 6.92 Å². The van der Waals surface area contributed by atoms with Gasteiger partial charge in [-0.15, -0.1) is 0 Å². The zero-order valence-corrected chi connectivity index (χ0v) is 36.3. The van der Waals surface area contributed by atoms with E-state index in [9.17, 15) is 0 Å². The highest BCUT2D eigenvalue weighted by Gasteiger charge is 2.54. The normalized spacial score (nSPS) is 13.2. The SMILES string of the molecule is Cc1ccc(-n2c3ccccc3c3cc(-c4ccc5c(c4)[Si]4(c6ccccc6-5)c5ccccc5N(c5cc(-c6ccccc6)cc(-c6ccccc6)n5)c5ccccc54)ccc32)cc1. The van der Waals surface area contributed by atoms with Gasteiger partial charge in [0.2, 0.25) is 0 Å². The number of fused-ring (bicyclic) bond motifs is 12. The monoisotopic (exact) mass is 831 g/mol. The molecule has 0 fully saturated rings. The summed E-state index contributed by atoms with van der Waals surface area (Å²) < 4.78 is 2.41. The third-order valence-corrected chi connectivity index (χ3v) is 18.6. The van der Waals surface area contributed by atoms with Crippen molar-refractivity contribution in [3.63, 3.8) is 0 Å². The van der Waals surface area contributed by atoms with Gasteiger partial charge in [0, 0.05) is 33.4 Å². The molecule has 9 aromatic carbocycles. The van der Waals surface area contributed by atoms with Gasteiger partial charge in [-0.25, -0.2) is 4.98 Å². The first-order chi connectivity index (χ1) is 31.6. The standard InChI is InChI=1S/C60H41N3Si/c1-40-28-32-46(33-29-40)62-52-22-10-8-20-47(52)50-36-43(31-35-53(50)62)44-30-34-49-48-21-9-13-25-56(48)64(59(49)38-44)57-26-14-11-23-54(57)63(55-24-12-15-27-58(55)64)60-39-45(41-16-4-2-5-17-41)37-51(61-60)42-18-6-3-7-19-42/h2-39H,1H3. The molecule has 2 aliphatic heterocycles. The minimum absolute atomic E-state index is 0.905. The largest absolute Gasteiger partial charge is 0.309 e. The molecule has 0 saturated heterocycles. The van der Waals surface area contributed by atoms with E-state index in [0.717, 1.165) is 28.2 Å². The van der Waals surface area contributed by atoms with Gasteiger partial charge in [-0.3, -0.25) is 4.90 Å². The molecular weight excluding hydrogens is 791 g/mol. The van der Waals surface area contributed by atoms with Crippen LogP contribution in [0.1, 0.15) is 5.56 Å². The molecule has 4 heterocycles. The van der Waals surface area contributed by atoms with E-state index in [1.165, 1.54) is 87.4 Å². The molecule has 2 aliphatic rings. The van der Waals surface area contributed by atoms with Crippen LogP contribution in [0.2, 0.25) is 0 Å². The fourth-order valence-electron chi connectivity index (χ4n) is 10.8. The maximum atomic E-state index is 5.52. The van der Waals surface area contributed by atoms with Crippen molar-refractivity contribution in [2.24, 2.45) is 0 Å². The molecule has 0 unspecified atom stereocenters. The predicted molar refractivity (Wildman–Crippen MR) is 270 cm³/mol. The van der Waals surface area contributed by atoms with Crippen LogP contribution >= 0.6 is 0 Å². The number of hydrogen-bond donors (Lipinski definition) is 0. The Morgan fingerprint density at radius 3 is 1.70 bits per heavy atom. The summed E-state index contributed by atoms with van der Waals surface area (Å²) >= 11 is 0. The quantitative estimate of drug-likeness (QED) is 0.161. The highest BCUT2D eigenvalue weighted by atomic mass is 28.3. The number of benzene rings is 9. The highest BCUT2D eigenvalue weighted by Crippen LogP contribution is 2.43. The third-order valence-electron chi connectivity index (χ3n) is 13.7. The first-order valence-corrected chi connectivity index (χ1v) is 24.1. The van der Waals surface area contributed by atoms with Crippen molar-refractivity contribution in [1.82, 2.24) is 9.55 Å². The molecule has 0 bridgehead atoms. The van der Waals surface area contributed by atoms with Crippen LogP contribution in [0.25, 0.3) is 72.1 Å². The average Bonchev–Trinajstić information content (AvgIpc) is 3.85. The summed E-state index contributed by atoms with van der Waals surface area (Å²) in [5, 5.41) is 8.14. The Balaban J connectivity index is 1.04. The molecule has 11 aromatic rings. The van der Waals surface area contributed by atoms with E-state index >= 15 is 0 Å². The first-order valence-electron chi connectivity index (χ1n) is 22.1. The summed E-state index contributed by atoms with van der Waals surface area (Å²) in [6.07, 6.45) is 0. The maximum Gasteiger partial charge on any atom is 0.185 e. The van der Waals surface area contributed by atoms with Gasteiger partial charge in [0.15, 0.2) is 8.07 Å². The van der Waals surface area contributed by atoms with Crippen LogP contribution < -0.4 is 25.6 Å². The molecular formula is C60H41N3Si. The van der Waals surface area contributed by atoms with Gasteiger partial charge >= 0.3 is 0 Å². The molecule has 0 saturated carbocycles. The van der Waals surface area contributed by atoms with E-state index in [0.29, 0.717) is 0 Å². The lowest BCUT2D eigenvalue weighted by Gasteiger charge is -2.43. The van der Waals surface area contributed by atoms with Gasteiger partial charge in [-0.1, -0.05) is 181 Å². The summed E-state index contributed by atoms with van der Waals surface area (Å²) in [6.45, 7) is 2.15. The van der Waals surface area contributed by atoms with Gasteiger partial charge < -0.3 is 4.57 Å². The fourth-order valence-corrected chi connectivity index (χ4v) is 16.4.